The van der Waals surface area contributed by atoms with Crippen LogP contribution >= 0.6 is 11.6 Å². The summed E-state index contributed by atoms with van der Waals surface area (Å²) in [6.07, 6.45) is -0.831. The van der Waals surface area contributed by atoms with Gasteiger partial charge in [0.15, 0.2) is 0 Å². The molecule has 0 bridgehead atoms. The lowest BCUT2D eigenvalue weighted by Gasteiger charge is -2.12. The van der Waals surface area contributed by atoms with Gasteiger partial charge < -0.3 is 5.11 Å². The lowest BCUT2D eigenvalue weighted by Crippen LogP contribution is -2.00. The van der Waals surface area contributed by atoms with Crippen molar-refractivity contribution in [3.05, 3.63) is 70.0 Å². The number of hydrogen-bond donors (Lipinski definition) is 1. The van der Waals surface area contributed by atoms with E-state index in [1.165, 1.54) is 6.07 Å². The van der Waals surface area contributed by atoms with Crippen LogP contribution in [0.5, 0.6) is 0 Å². The van der Waals surface area contributed by atoms with Gasteiger partial charge in [-0.05, 0) is 41.8 Å². The molecule has 17 heavy (non-hydrogen) atoms. The summed E-state index contributed by atoms with van der Waals surface area (Å²) in [6, 6.07) is 11.6. The zero-order valence-corrected chi connectivity index (χ0v) is 10.1. The molecule has 88 valence electrons. The summed E-state index contributed by atoms with van der Waals surface area (Å²) in [4.78, 5) is 0. The topological polar surface area (TPSA) is 20.2 Å². The first-order valence-electron chi connectivity index (χ1n) is 5.27. The van der Waals surface area contributed by atoms with Gasteiger partial charge in [0.25, 0.3) is 0 Å². The van der Waals surface area contributed by atoms with Crippen molar-refractivity contribution in [2.75, 3.05) is 0 Å². The number of halogens is 2. The Morgan fingerprint density at radius 1 is 1.06 bits per heavy atom. The normalized spacial score (nSPS) is 12.5. The Bertz CT molecular complexity index is 522. The van der Waals surface area contributed by atoms with Crippen LogP contribution in [0, 0.1) is 12.7 Å². The summed E-state index contributed by atoms with van der Waals surface area (Å²) in [5.41, 5.74) is 1.80. The predicted molar refractivity (Wildman–Crippen MR) is 66.7 cm³/mol. The molecule has 0 aromatic heterocycles. The van der Waals surface area contributed by atoms with Gasteiger partial charge in [-0.2, -0.15) is 0 Å². The van der Waals surface area contributed by atoms with Crippen LogP contribution in [0.25, 0.3) is 0 Å². The van der Waals surface area contributed by atoms with Crippen LogP contribution in [0.15, 0.2) is 42.5 Å². The minimum absolute atomic E-state index is 0.310. The molecule has 0 amide bonds. The maximum Gasteiger partial charge on any atom is 0.126 e. The van der Waals surface area contributed by atoms with E-state index in [9.17, 15) is 9.50 Å². The van der Waals surface area contributed by atoms with Gasteiger partial charge in [0, 0.05) is 5.02 Å². The Labute approximate surface area is 104 Å². The molecule has 2 aromatic rings. The second-order valence-electron chi connectivity index (χ2n) is 3.96. The van der Waals surface area contributed by atoms with Crippen molar-refractivity contribution in [1.82, 2.24) is 0 Å². The molecule has 0 aliphatic rings. The van der Waals surface area contributed by atoms with Gasteiger partial charge in [-0.1, -0.05) is 35.9 Å². The summed E-state index contributed by atoms with van der Waals surface area (Å²) in [7, 11) is 0. The number of hydrogen-bond acceptors (Lipinski definition) is 1. The molecular formula is C14H12ClFO. The van der Waals surface area contributed by atoms with E-state index >= 15 is 0 Å². The lowest BCUT2D eigenvalue weighted by molar-refractivity contribution is 0.220. The van der Waals surface area contributed by atoms with Gasteiger partial charge in [-0.3, -0.25) is 0 Å². The van der Waals surface area contributed by atoms with Crippen molar-refractivity contribution >= 4 is 11.6 Å². The second-order valence-corrected chi connectivity index (χ2v) is 4.40. The number of rotatable bonds is 2. The SMILES string of the molecule is Cc1ccc(C(O)c2ccc(Cl)cc2)cc1F. The fourth-order valence-corrected chi connectivity index (χ4v) is 1.74. The van der Waals surface area contributed by atoms with Gasteiger partial charge in [0.05, 0.1) is 0 Å². The molecule has 2 rings (SSSR count). The molecule has 3 heteroatoms. The first kappa shape index (κ1) is 12.1. The molecular weight excluding hydrogens is 239 g/mol. The van der Waals surface area contributed by atoms with Crippen molar-refractivity contribution in [2.24, 2.45) is 0 Å². The van der Waals surface area contributed by atoms with Crippen LogP contribution in [0.3, 0.4) is 0 Å². The third-order valence-corrected chi connectivity index (χ3v) is 2.95. The number of aliphatic hydroxyl groups excluding tert-OH is 1. The molecule has 1 atom stereocenters. The van der Waals surface area contributed by atoms with Crippen molar-refractivity contribution in [1.29, 1.82) is 0 Å². The molecule has 0 saturated heterocycles. The van der Waals surface area contributed by atoms with E-state index in [4.69, 9.17) is 11.6 Å². The average Bonchev–Trinajstić information content (AvgIpc) is 2.33. The van der Waals surface area contributed by atoms with Crippen molar-refractivity contribution < 1.29 is 9.50 Å². The van der Waals surface area contributed by atoms with E-state index in [-0.39, 0.29) is 5.82 Å². The van der Waals surface area contributed by atoms with Crippen molar-refractivity contribution in [3.63, 3.8) is 0 Å². The predicted octanol–water partition coefficient (Wildman–Crippen LogP) is 3.87. The maximum absolute atomic E-state index is 13.4. The highest BCUT2D eigenvalue weighted by atomic mass is 35.5. The maximum atomic E-state index is 13.4. The van der Waals surface area contributed by atoms with Crippen LogP contribution in [-0.4, -0.2) is 5.11 Å². The summed E-state index contributed by atoms with van der Waals surface area (Å²) >= 11 is 5.77. The highest BCUT2D eigenvalue weighted by Gasteiger charge is 2.11. The lowest BCUT2D eigenvalue weighted by atomic mass is 10.0. The molecule has 1 unspecified atom stereocenters. The van der Waals surface area contributed by atoms with E-state index in [1.807, 2.05) is 0 Å². The Morgan fingerprint density at radius 3 is 2.24 bits per heavy atom. The molecule has 0 fully saturated rings. The van der Waals surface area contributed by atoms with E-state index in [1.54, 1.807) is 43.3 Å². The molecule has 0 radical (unpaired) electrons. The van der Waals surface area contributed by atoms with Gasteiger partial charge in [0.2, 0.25) is 0 Å². The third-order valence-electron chi connectivity index (χ3n) is 2.70. The minimum Gasteiger partial charge on any atom is -0.384 e. The van der Waals surface area contributed by atoms with Crippen LogP contribution in [-0.2, 0) is 0 Å². The first-order chi connectivity index (χ1) is 8.08. The molecule has 0 aliphatic heterocycles. The second kappa shape index (κ2) is 4.86. The van der Waals surface area contributed by atoms with E-state index in [0.29, 0.717) is 21.7 Å². The summed E-state index contributed by atoms with van der Waals surface area (Å²) in [5, 5.41) is 10.7. The molecule has 1 nitrogen and oxygen atoms in total. The van der Waals surface area contributed by atoms with Crippen molar-refractivity contribution in [2.45, 2.75) is 13.0 Å². The Hall–Kier alpha value is -1.38. The molecule has 0 heterocycles. The average molecular weight is 251 g/mol. The molecule has 1 N–H and O–H groups in total. The minimum atomic E-state index is -0.831. The summed E-state index contributed by atoms with van der Waals surface area (Å²) in [5.74, 6) is -0.310. The Morgan fingerprint density at radius 2 is 1.65 bits per heavy atom. The van der Waals surface area contributed by atoms with Crippen LogP contribution in [0.2, 0.25) is 5.02 Å². The largest absolute Gasteiger partial charge is 0.384 e. The van der Waals surface area contributed by atoms with Gasteiger partial charge in [0.1, 0.15) is 11.9 Å². The van der Waals surface area contributed by atoms with E-state index < -0.39 is 6.10 Å². The number of aryl methyl sites for hydroxylation is 1. The quantitative estimate of drug-likeness (QED) is 0.858. The number of aliphatic hydroxyl groups is 1. The van der Waals surface area contributed by atoms with Crippen LogP contribution < -0.4 is 0 Å². The molecule has 0 spiro atoms. The number of benzene rings is 2. The fraction of sp³-hybridized carbons (Fsp3) is 0.143. The highest BCUT2D eigenvalue weighted by molar-refractivity contribution is 6.30. The van der Waals surface area contributed by atoms with Gasteiger partial charge in [-0.25, -0.2) is 4.39 Å². The Balaban J connectivity index is 2.33. The zero-order chi connectivity index (χ0) is 12.4. The third kappa shape index (κ3) is 2.65. The van der Waals surface area contributed by atoms with Gasteiger partial charge in [-0.15, -0.1) is 0 Å². The van der Waals surface area contributed by atoms with Crippen LogP contribution in [0.4, 0.5) is 4.39 Å². The molecule has 2 aromatic carbocycles. The molecule has 0 aliphatic carbocycles. The van der Waals surface area contributed by atoms with E-state index in [0.717, 1.165) is 0 Å². The highest BCUT2D eigenvalue weighted by Crippen LogP contribution is 2.24. The molecule has 0 saturated carbocycles. The summed E-state index contributed by atoms with van der Waals surface area (Å²) in [6.45, 7) is 1.69. The zero-order valence-electron chi connectivity index (χ0n) is 9.32. The summed E-state index contributed by atoms with van der Waals surface area (Å²) < 4.78 is 13.4. The smallest absolute Gasteiger partial charge is 0.126 e. The van der Waals surface area contributed by atoms with Gasteiger partial charge >= 0.3 is 0 Å². The van der Waals surface area contributed by atoms with Crippen molar-refractivity contribution in [3.8, 4) is 0 Å². The fourth-order valence-electron chi connectivity index (χ4n) is 1.62. The monoisotopic (exact) mass is 250 g/mol. The Kier molecular flexibility index (Phi) is 3.46. The first-order valence-corrected chi connectivity index (χ1v) is 5.65. The van der Waals surface area contributed by atoms with E-state index in [2.05, 4.69) is 0 Å². The van der Waals surface area contributed by atoms with Crippen LogP contribution in [0.1, 0.15) is 22.8 Å². The standard InChI is InChI=1S/C14H12ClFO/c1-9-2-3-11(8-13(9)16)14(17)10-4-6-12(15)7-5-10/h2-8,14,17H,1H3.